The van der Waals surface area contributed by atoms with Crippen molar-refractivity contribution in [1.82, 2.24) is 0 Å². The van der Waals surface area contributed by atoms with Gasteiger partial charge in [0.2, 0.25) is 0 Å². The van der Waals surface area contributed by atoms with Crippen LogP contribution in [0.25, 0.3) is 0 Å². The summed E-state index contributed by atoms with van der Waals surface area (Å²) in [4.78, 5) is 44.1. The Morgan fingerprint density at radius 3 is 1.47 bits per heavy atom. The number of carbonyl (C=O) groups is 2. The third-order valence-electron chi connectivity index (χ3n) is 4.09. The van der Waals surface area contributed by atoms with Crippen LogP contribution < -0.4 is 0 Å². The largest absolute Gasteiger partial charge is 0.462 e. The predicted octanol–water partition coefficient (Wildman–Crippen LogP) is 4.08. The molecule has 0 N–H and O–H groups in total. The lowest BCUT2D eigenvalue weighted by atomic mass is 10.2. The van der Waals surface area contributed by atoms with Crippen LogP contribution in [-0.4, -0.2) is 35.0 Å². The van der Waals surface area contributed by atoms with Gasteiger partial charge in [-0.05, 0) is 37.8 Å². The van der Waals surface area contributed by atoms with Crippen LogP contribution in [0.2, 0.25) is 0 Å². The second kappa shape index (κ2) is 11.2. The number of rotatable bonds is 11. The van der Waals surface area contributed by atoms with E-state index in [-0.39, 0.29) is 35.7 Å². The van der Waals surface area contributed by atoms with Crippen molar-refractivity contribution in [1.29, 1.82) is 0 Å². The molecule has 30 heavy (non-hydrogen) atoms. The third-order valence-corrected chi connectivity index (χ3v) is 4.09. The summed E-state index contributed by atoms with van der Waals surface area (Å²) in [5.41, 5.74) is -0.109. The van der Waals surface area contributed by atoms with Crippen LogP contribution in [0.5, 0.6) is 0 Å². The number of benzene rings is 2. The quantitative estimate of drug-likeness (QED) is 0.231. The minimum Gasteiger partial charge on any atom is -0.462 e. The summed E-state index contributed by atoms with van der Waals surface area (Å²) in [6, 6.07) is 10.7. The fourth-order valence-electron chi connectivity index (χ4n) is 2.55. The second-order valence-corrected chi connectivity index (χ2v) is 6.30. The van der Waals surface area contributed by atoms with Crippen molar-refractivity contribution in [3.05, 3.63) is 79.9 Å². The van der Waals surface area contributed by atoms with Crippen molar-refractivity contribution in [2.75, 3.05) is 13.2 Å². The van der Waals surface area contributed by atoms with E-state index in [0.29, 0.717) is 12.8 Å². The van der Waals surface area contributed by atoms with Gasteiger partial charge in [-0.2, -0.15) is 0 Å². The van der Waals surface area contributed by atoms with Gasteiger partial charge in [-0.1, -0.05) is 12.1 Å². The number of hydrogen-bond acceptors (Lipinski definition) is 8. The minimum atomic E-state index is -0.621. The Balaban J connectivity index is 1.60. The second-order valence-electron chi connectivity index (χ2n) is 6.30. The fraction of sp³-hybridized carbons (Fsp3) is 0.300. The van der Waals surface area contributed by atoms with E-state index in [0.717, 1.165) is 25.0 Å². The molecular formula is C20H20N2O8. The molecule has 0 spiro atoms. The SMILES string of the molecule is O=C(OCCCCCCOC(=O)c1cccc([N+](=O)[O-])c1)c1cccc([N+](=O)[O-])c1. The standard InChI is InChI=1S/C20H20N2O8/c23-19(15-7-5-9-17(13-15)21(25)26)29-11-3-1-2-4-12-30-20(24)16-8-6-10-18(14-16)22(27)28/h5-10,13-14H,1-4,11-12H2. The van der Waals surface area contributed by atoms with E-state index in [1.54, 1.807) is 0 Å². The average Bonchev–Trinajstić information content (AvgIpc) is 2.75. The number of carbonyl (C=O) groups excluding carboxylic acids is 2. The number of non-ortho nitro benzene ring substituents is 2. The zero-order chi connectivity index (χ0) is 21.9. The molecular weight excluding hydrogens is 396 g/mol. The third kappa shape index (κ3) is 6.97. The monoisotopic (exact) mass is 416 g/mol. The van der Waals surface area contributed by atoms with E-state index in [9.17, 15) is 29.8 Å². The van der Waals surface area contributed by atoms with Crippen LogP contribution in [0, 0.1) is 20.2 Å². The minimum absolute atomic E-state index is 0.122. The van der Waals surface area contributed by atoms with Gasteiger partial charge in [-0.15, -0.1) is 0 Å². The van der Waals surface area contributed by atoms with Gasteiger partial charge in [0.25, 0.3) is 11.4 Å². The summed E-state index contributed by atoms with van der Waals surface area (Å²) in [6.07, 6.45) is 2.66. The zero-order valence-corrected chi connectivity index (χ0v) is 16.0. The summed E-state index contributed by atoms with van der Waals surface area (Å²) < 4.78 is 10.2. The van der Waals surface area contributed by atoms with Crippen LogP contribution in [0.3, 0.4) is 0 Å². The van der Waals surface area contributed by atoms with Crippen molar-refractivity contribution >= 4 is 23.3 Å². The van der Waals surface area contributed by atoms with E-state index < -0.39 is 21.8 Å². The van der Waals surface area contributed by atoms with Crippen LogP contribution in [0.4, 0.5) is 11.4 Å². The highest BCUT2D eigenvalue weighted by atomic mass is 16.6. The van der Waals surface area contributed by atoms with E-state index >= 15 is 0 Å². The van der Waals surface area contributed by atoms with Crippen molar-refractivity contribution < 1.29 is 28.9 Å². The Morgan fingerprint density at radius 1 is 0.700 bits per heavy atom. The molecule has 0 aliphatic carbocycles. The summed E-state index contributed by atoms with van der Waals surface area (Å²) in [6.45, 7) is 0.351. The van der Waals surface area contributed by atoms with Crippen molar-refractivity contribution in [3.63, 3.8) is 0 Å². The first-order valence-corrected chi connectivity index (χ1v) is 9.21. The average molecular weight is 416 g/mol. The van der Waals surface area contributed by atoms with Gasteiger partial charge in [0.1, 0.15) is 0 Å². The summed E-state index contributed by atoms with van der Waals surface area (Å²) in [7, 11) is 0. The Bertz CT molecular complexity index is 853. The van der Waals surface area contributed by atoms with Crippen molar-refractivity contribution in [2.45, 2.75) is 25.7 Å². The molecule has 0 saturated carbocycles. The molecule has 0 heterocycles. The smallest absolute Gasteiger partial charge is 0.338 e. The fourth-order valence-corrected chi connectivity index (χ4v) is 2.55. The number of nitro benzene ring substituents is 2. The number of hydrogen-bond donors (Lipinski definition) is 0. The van der Waals surface area contributed by atoms with Gasteiger partial charge in [0.15, 0.2) is 0 Å². The Hall–Kier alpha value is -3.82. The lowest BCUT2D eigenvalue weighted by Gasteiger charge is -2.06. The molecule has 0 atom stereocenters. The molecule has 2 aromatic rings. The maximum absolute atomic E-state index is 11.9. The molecule has 0 amide bonds. The number of nitro groups is 2. The van der Waals surface area contributed by atoms with Gasteiger partial charge >= 0.3 is 11.9 Å². The Kier molecular flexibility index (Phi) is 8.42. The predicted molar refractivity (Wildman–Crippen MR) is 105 cm³/mol. The molecule has 2 aromatic carbocycles. The first kappa shape index (κ1) is 22.5. The van der Waals surface area contributed by atoms with Crippen LogP contribution >= 0.6 is 0 Å². The number of nitrogens with zero attached hydrogens (tertiary/aromatic N) is 2. The van der Waals surface area contributed by atoms with Crippen molar-refractivity contribution in [3.8, 4) is 0 Å². The van der Waals surface area contributed by atoms with E-state index in [1.165, 1.54) is 36.4 Å². The highest BCUT2D eigenvalue weighted by molar-refractivity contribution is 5.90. The number of ether oxygens (including phenoxy) is 2. The van der Waals surface area contributed by atoms with Gasteiger partial charge < -0.3 is 9.47 Å². The van der Waals surface area contributed by atoms with Gasteiger partial charge in [-0.3, -0.25) is 20.2 Å². The lowest BCUT2D eigenvalue weighted by Crippen LogP contribution is -2.08. The van der Waals surface area contributed by atoms with Crippen molar-refractivity contribution in [2.24, 2.45) is 0 Å². The molecule has 2 rings (SSSR count). The first-order valence-electron chi connectivity index (χ1n) is 9.21. The van der Waals surface area contributed by atoms with E-state index in [2.05, 4.69) is 0 Å². The molecule has 158 valence electrons. The summed E-state index contributed by atoms with van der Waals surface area (Å²) >= 11 is 0. The van der Waals surface area contributed by atoms with Crippen LogP contribution in [-0.2, 0) is 9.47 Å². The van der Waals surface area contributed by atoms with Crippen LogP contribution in [0.1, 0.15) is 46.4 Å². The molecule has 10 nitrogen and oxygen atoms in total. The first-order chi connectivity index (χ1) is 14.4. The molecule has 0 saturated heterocycles. The maximum atomic E-state index is 11.9. The Morgan fingerprint density at radius 2 is 1.10 bits per heavy atom. The number of esters is 2. The molecule has 0 aliphatic rings. The van der Waals surface area contributed by atoms with Gasteiger partial charge in [-0.25, -0.2) is 9.59 Å². The summed E-state index contributed by atoms with van der Waals surface area (Å²) in [5.74, 6) is -1.24. The molecule has 0 unspecified atom stereocenters. The molecule has 0 fully saturated rings. The normalized spacial score (nSPS) is 10.3. The zero-order valence-electron chi connectivity index (χ0n) is 16.0. The summed E-state index contributed by atoms with van der Waals surface area (Å²) in [5, 5.41) is 21.4. The topological polar surface area (TPSA) is 139 Å². The highest BCUT2D eigenvalue weighted by Crippen LogP contribution is 2.15. The lowest BCUT2D eigenvalue weighted by molar-refractivity contribution is -0.385. The number of unbranched alkanes of at least 4 members (excludes halogenated alkanes) is 3. The van der Waals surface area contributed by atoms with E-state index in [1.807, 2.05) is 0 Å². The van der Waals surface area contributed by atoms with Gasteiger partial charge in [0, 0.05) is 24.3 Å². The molecule has 0 aromatic heterocycles. The maximum Gasteiger partial charge on any atom is 0.338 e. The Labute approximate surface area is 171 Å². The highest BCUT2D eigenvalue weighted by Gasteiger charge is 2.13. The van der Waals surface area contributed by atoms with Gasteiger partial charge in [0.05, 0.1) is 34.2 Å². The molecule has 0 aliphatic heterocycles. The molecule has 0 radical (unpaired) electrons. The van der Waals surface area contributed by atoms with Crippen LogP contribution in [0.15, 0.2) is 48.5 Å². The van der Waals surface area contributed by atoms with E-state index in [4.69, 9.17) is 9.47 Å². The molecule has 0 bridgehead atoms. The molecule has 10 heteroatoms.